The van der Waals surface area contributed by atoms with Crippen LogP contribution in [0, 0.1) is 11.6 Å². The fraction of sp³-hybridized carbons (Fsp3) is 0.385. The molecule has 0 heterocycles. The van der Waals surface area contributed by atoms with Crippen molar-refractivity contribution in [1.82, 2.24) is 5.32 Å². The molecule has 0 aliphatic heterocycles. The third-order valence-electron chi connectivity index (χ3n) is 2.36. The van der Waals surface area contributed by atoms with Crippen LogP contribution in [0.25, 0.3) is 0 Å². The molecule has 16 heavy (non-hydrogen) atoms. The lowest BCUT2D eigenvalue weighted by molar-refractivity contribution is 0.536. The zero-order chi connectivity index (χ0) is 12.1. The van der Waals surface area contributed by atoms with Crippen LogP contribution in [0.2, 0.25) is 0 Å². The van der Waals surface area contributed by atoms with Gasteiger partial charge in [-0.1, -0.05) is 11.6 Å². The lowest BCUT2D eigenvalue weighted by Crippen LogP contribution is -2.19. The first kappa shape index (κ1) is 12.8. The van der Waals surface area contributed by atoms with Gasteiger partial charge in [0.25, 0.3) is 0 Å². The highest BCUT2D eigenvalue weighted by atomic mass is 19.1. The van der Waals surface area contributed by atoms with Gasteiger partial charge in [0.05, 0.1) is 0 Å². The molecule has 1 N–H and O–H groups in total. The van der Waals surface area contributed by atoms with Crippen molar-refractivity contribution in [3.63, 3.8) is 0 Å². The predicted octanol–water partition coefficient (Wildman–Crippen LogP) is 3.58. The van der Waals surface area contributed by atoms with Crippen molar-refractivity contribution in [2.75, 3.05) is 6.54 Å². The van der Waals surface area contributed by atoms with Gasteiger partial charge >= 0.3 is 0 Å². The minimum atomic E-state index is -0.410. The number of allylic oxidation sites excluding steroid dienone is 1. The predicted molar refractivity (Wildman–Crippen MR) is 62.2 cm³/mol. The topological polar surface area (TPSA) is 12.0 Å². The van der Waals surface area contributed by atoms with Crippen LogP contribution >= 0.6 is 0 Å². The lowest BCUT2D eigenvalue weighted by Gasteiger charge is -2.14. The Morgan fingerprint density at radius 1 is 1.38 bits per heavy atom. The van der Waals surface area contributed by atoms with Crippen LogP contribution in [0.15, 0.2) is 29.8 Å². The van der Waals surface area contributed by atoms with E-state index in [1.807, 2.05) is 26.8 Å². The first-order valence-electron chi connectivity index (χ1n) is 5.32. The van der Waals surface area contributed by atoms with Gasteiger partial charge in [-0.25, -0.2) is 8.78 Å². The van der Waals surface area contributed by atoms with Gasteiger partial charge in [-0.3, -0.25) is 0 Å². The summed E-state index contributed by atoms with van der Waals surface area (Å²) in [5.41, 5.74) is 1.56. The third kappa shape index (κ3) is 3.74. The van der Waals surface area contributed by atoms with Crippen molar-refractivity contribution in [1.29, 1.82) is 0 Å². The molecule has 0 radical (unpaired) electrons. The highest BCUT2D eigenvalue weighted by Crippen LogP contribution is 2.17. The minimum Gasteiger partial charge on any atom is -0.307 e. The van der Waals surface area contributed by atoms with E-state index >= 15 is 0 Å². The Balaban J connectivity index is 2.69. The molecule has 1 rings (SSSR count). The molecule has 0 amide bonds. The summed E-state index contributed by atoms with van der Waals surface area (Å²) in [5, 5.41) is 3.12. The first-order chi connectivity index (χ1) is 7.50. The van der Waals surface area contributed by atoms with Gasteiger partial charge in [0, 0.05) is 18.2 Å². The molecule has 1 atom stereocenters. The molecule has 1 nitrogen and oxygen atoms in total. The summed E-state index contributed by atoms with van der Waals surface area (Å²) in [6, 6.07) is 3.31. The van der Waals surface area contributed by atoms with Crippen LogP contribution in [0.3, 0.4) is 0 Å². The molecule has 1 aromatic rings. The number of hydrogen-bond acceptors (Lipinski definition) is 1. The van der Waals surface area contributed by atoms with Gasteiger partial charge in [0.15, 0.2) is 0 Å². The van der Waals surface area contributed by atoms with Gasteiger partial charge in [-0.05, 0) is 39.0 Å². The van der Waals surface area contributed by atoms with E-state index in [2.05, 4.69) is 5.32 Å². The summed E-state index contributed by atoms with van der Waals surface area (Å²) < 4.78 is 26.3. The maximum Gasteiger partial charge on any atom is 0.128 e. The molecule has 0 aromatic heterocycles. The lowest BCUT2D eigenvalue weighted by atomic mass is 10.1. The van der Waals surface area contributed by atoms with Crippen LogP contribution in [0.4, 0.5) is 8.78 Å². The zero-order valence-electron chi connectivity index (χ0n) is 9.85. The standard InChI is InChI=1S/C13H17F2N/c1-9(2)6-7-16-10(3)12-8-11(14)4-5-13(12)15/h4-6,8,10,16H,7H2,1-3H3. The third-order valence-corrected chi connectivity index (χ3v) is 2.36. The molecule has 1 aromatic carbocycles. The van der Waals surface area contributed by atoms with Gasteiger partial charge in [0.2, 0.25) is 0 Å². The minimum absolute atomic E-state index is 0.203. The fourth-order valence-corrected chi connectivity index (χ4v) is 1.40. The van der Waals surface area contributed by atoms with E-state index < -0.39 is 5.82 Å². The van der Waals surface area contributed by atoms with Gasteiger partial charge in [-0.15, -0.1) is 0 Å². The maximum absolute atomic E-state index is 13.4. The SMILES string of the molecule is CC(C)=CCNC(C)c1cc(F)ccc1F. The van der Waals surface area contributed by atoms with E-state index in [1.54, 1.807) is 0 Å². The molecule has 0 fully saturated rings. The Bertz CT molecular complexity index is 382. The Morgan fingerprint density at radius 2 is 2.06 bits per heavy atom. The van der Waals surface area contributed by atoms with Gasteiger partial charge in [0.1, 0.15) is 11.6 Å². The molecule has 1 unspecified atom stereocenters. The average molecular weight is 225 g/mol. The summed E-state index contributed by atoms with van der Waals surface area (Å²) in [6.07, 6.45) is 2.01. The number of halogens is 2. The number of nitrogens with one attached hydrogen (secondary N) is 1. The molecule has 0 aliphatic rings. The van der Waals surface area contributed by atoms with Crippen molar-refractivity contribution >= 4 is 0 Å². The largest absolute Gasteiger partial charge is 0.307 e. The van der Waals surface area contributed by atoms with Crippen molar-refractivity contribution in [2.24, 2.45) is 0 Å². The normalized spacial score (nSPS) is 12.3. The van der Waals surface area contributed by atoms with Crippen molar-refractivity contribution < 1.29 is 8.78 Å². The van der Waals surface area contributed by atoms with Crippen molar-refractivity contribution in [3.05, 3.63) is 47.0 Å². The Labute approximate surface area is 95.2 Å². The smallest absolute Gasteiger partial charge is 0.128 e. The second kappa shape index (κ2) is 5.75. The number of rotatable bonds is 4. The van der Waals surface area contributed by atoms with E-state index in [-0.39, 0.29) is 11.9 Å². The van der Waals surface area contributed by atoms with Crippen LogP contribution in [0.5, 0.6) is 0 Å². The summed E-state index contributed by atoms with van der Waals surface area (Å²) >= 11 is 0. The molecule has 0 spiro atoms. The molecular weight excluding hydrogens is 208 g/mol. The molecule has 3 heteroatoms. The summed E-state index contributed by atoms with van der Waals surface area (Å²) in [6.45, 7) is 6.46. The maximum atomic E-state index is 13.4. The van der Waals surface area contributed by atoms with Crippen molar-refractivity contribution in [3.8, 4) is 0 Å². The molecular formula is C13H17F2N. The second-order valence-electron chi connectivity index (χ2n) is 4.08. The van der Waals surface area contributed by atoms with E-state index in [4.69, 9.17) is 0 Å². The Morgan fingerprint density at radius 3 is 2.69 bits per heavy atom. The quantitative estimate of drug-likeness (QED) is 0.772. The highest BCUT2D eigenvalue weighted by Gasteiger charge is 2.10. The molecule has 0 aliphatic carbocycles. The molecule has 0 bridgehead atoms. The van der Waals surface area contributed by atoms with Crippen LogP contribution in [-0.4, -0.2) is 6.54 Å². The zero-order valence-corrected chi connectivity index (χ0v) is 9.85. The molecule has 0 saturated heterocycles. The van der Waals surface area contributed by atoms with E-state index in [1.165, 1.54) is 11.6 Å². The summed E-state index contributed by atoms with van der Waals surface area (Å²) in [7, 11) is 0. The monoisotopic (exact) mass is 225 g/mol. The van der Waals surface area contributed by atoms with E-state index in [9.17, 15) is 8.78 Å². The summed E-state index contributed by atoms with van der Waals surface area (Å²) in [5.74, 6) is -0.786. The van der Waals surface area contributed by atoms with Crippen LogP contribution in [-0.2, 0) is 0 Å². The number of benzene rings is 1. The highest BCUT2D eigenvalue weighted by molar-refractivity contribution is 5.21. The number of hydrogen-bond donors (Lipinski definition) is 1. The van der Waals surface area contributed by atoms with Gasteiger partial charge < -0.3 is 5.32 Å². The van der Waals surface area contributed by atoms with Crippen LogP contribution in [0.1, 0.15) is 32.4 Å². The van der Waals surface area contributed by atoms with Gasteiger partial charge in [-0.2, -0.15) is 0 Å². The molecule has 0 saturated carbocycles. The van der Waals surface area contributed by atoms with Crippen molar-refractivity contribution in [2.45, 2.75) is 26.8 Å². The van der Waals surface area contributed by atoms with Crippen LogP contribution < -0.4 is 5.32 Å². The fourth-order valence-electron chi connectivity index (χ4n) is 1.40. The average Bonchev–Trinajstić information content (AvgIpc) is 2.21. The second-order valence-corrected chi connectivity index (χ2v) is 4.08. The molecule has 88 valence electrons. The Kier molecular flexibility index (Phi) is 4.62. The first-order valence-corrected chi connectivity index (χ1v) is 5.32. The van der Waals surface area contributed by atoms with E-state index in [0.717, 1.165) is 12.1 Å². The Hall–Kier alpha value is -1.22. The summed E-state index contributed by atoms with van der Waals surface area (Å²) in [4.78, 5) is 0. The van der Waals surface area contributed by atoms with E-state index in [0.29, 0.717) is 12.1 Å².